The van der Waals surface area contributed by atoms with E-state index in [0.29, 0.717) is 19.5 Å². The van der Waals surface area contributed by atoms with Crippen molar-refractivity contribution in [2.24, 2.45) is 5.92 Å². The summed E-state index contributed by atoms with van der Waals surface area (Å²) in [6.07, 6.45) is 2.77. The van der Waals surface area contributed by atoms with Crippen molar-refractivity contribution in [3.63, 3.8) is 0 Å². The van der Waals surface area contributed by atoms with Crippen LogP contribution in [0.25, 0.3) is 0 Å². The standard InChI is InChI=1S/C22H26N2O2/c1-2-18-10-6-7-11-20(18)23-22(26)19-12-14-24(15-13-19)21(25)16-17-8-4-3-5-9-17/h3-11,19H,2,12-16H2,1H3,(H,23,26). The Hall–Kier alpha value is -2.62. The minimum Gasteiger partial charge on any atom is -0.342 e. The van der Waals surface area contributed by atoms with Crippen LogP contribution in [-0.2, 0) is 22.4 Å². The summed E-state index contributed by atoms with van der Waals surface area (Å²) in [7, 11) is 0. The van der Waals surface area contributed by atoms with E-state index >= 15 is 0 Å². The van der Waals surface area contributed by atoms with Crippen molar-refractivity contribution in [3.8, 4) is 0 Å². The number of nitrogens with one attached hydrogen (secondary N) is 1. The molecule has 1 aliphatic rings. The molecule has 2 aromatic rings. The van der Waals surface area contributed by atoms with Crippen molar-refractivity contribution in [1.82, 2.24) is 4.90 Å². The SMILES string of the molecule is CCc1ccccc1NC(=O)C1CCN(C(=O)Cc2ccccc2)CC1. The number of amides is 2. The van der Waals surface area contributed by atoms with Crippen LogP contribution in [0.5, 0.6) is 0 Å². The lowest BCUT2D eigenvalue weighted by Gasteiger charge is -2.31. The Morgan fingerprint density at radius 2 is 1.65 bits per heavy atom. The normalized spacial score (nSPS) is 14.9. The fourth-order valence-corrected chi connectivity index (χ4v) is 3.46. The van der Waals surface area contributed by atoms with Gasteiger partial charge in [0, 0.05) is 24.7 Å². The van der Waals surface area contributed by atoms with Crippen molar-refractivity contribution in [3.05, 3.63) is 65.7 Å². The number of piperidine rings is 1. The van der Waals surface area contributed by atoms with Crippen LogP contribution in [0.15, 0.2) is 54.6 Å². The van der Waals surface area contributed by atoms with Gasteiger partial charge in [0.15, 0.2) is 0 Å². The molecule has 0 saturated carbocycles. The summed E-state index contributed by atoms with van der Waals surface area (Å²) in [6.45, 7) is 3.39. The van der Waals surface area contributed by atoms with E-state index in [2.05, 4.69) is 12.2 Å². The number of para-hydroxylation sites is 1. The summed E-state index contributed by atoms with van der Waals surface area (Å²) in [6, 6.07) is 17.7. The molecular formula is C22H26N2O2. The summed E-state index contributed by atoms with van der Waals surface area (Å²) in [5.74, 6) is 0.188. The van der Waals surface area contributed by atoms with Crippen LogP contribution in [-0.4, -0.2) is 29.8 Å². The van der Waals surface area contributed by atoms with Gasteiger partial charge in [-0.3, -0.25) is 9.59 Å². The Morgan fingerprint density at radius 3 is 2.35 bits per heavy atom. The van der Waals surface area contributed by atoms with Gasteiger partial charge < -0.3 is 10.2 Å². The van der Waals surface area contributed by atoms with Gasteiger partial charge in [-0.2, -0.15) is 0 Å². The summed E-state index contributed by atoms with van der Waals surface area (Å²) < 4.78 is 0. The van der Waals surface area contributed by atoms with Crippen LogP contribution in [0.1, 0.15) is 30.9 Å². The lowest BCUT2D eigenvalue weighted by atomic mass is 9.95. The fourth-order valence-electron chi connectivity index (χ4n) is 3.46. The largest absolute Gasteiger partial charge is 0.342 e. The number of hydrogen-bond donors (Lipinski definition) is 1. The van der Waals surface area contributed by atoms with Gasteiger partial charge in [0.2, 0.25) is 11.8 Å². The highest BCUT2D eigenvalue weighted by Gasteiger charge is 2.27. The summed E-state index contributed by atoms with van der Waals surface area (Å²) >= 11 is 0. The zero-order chi connectivity index (χ0) is 18.4. The molecule has 0 spiro atoms. The number of likely N-dealkylation sites (tertiary alicyclic amines) is 1. The molecule has 0 atom stereocenters. The smallest absolute Gasteiger partial charge is 0.227 e. The monoisotopic (exact) mass is 350 g/mol. The molecule has 1 heterocycles. The highest BCUT2D eigenvalue weighted by atomic mass is 16.2. The molecule has 0 aliphatic carbocycles. The highest BCUT2D eigenvalue weighted by molar-refractivity contribution is 5.93. The van der Waals surface area contributed by atoms with Gasteiger partial charge in [0.1, 0.15) is 0 Å². The number of carbonyl (C=O) groups excluding carboxylic acids is 2. The molecule has 0 aromatic heterocycles. The van der Waals surface area contributed by atoms with Crippen molar-refractivity contribution in [2.75, 3.05) is 18.4 Å². The van der Waals surface area contributed by atoms with E-state index in [1.165, 1.54) is 0 Å². The molecule has 1 fully saturated rings. The Balaban J connectivity index is 1.51. The first-order valence-electron chi connectivity index (χ1n) is 9.38. The van der Waals surface area contributed by atoms with E-state index in [9.17, 15) is 9.59 Å². The van der Waals surface area contributed by atoms with Crippen LogP contribution in [0.4, 0.5) is 5.69 Å². The second-order valence-corrected chi connectivity index (χ2v) is 6.82. The average molecular weight is 350 g/mol. The summed E-state index contributed by atoms with van der Waals surface area (Å²) in [5, 5.41) is 3.07. The van der Waals surface area contributed by atoms with E-state index in [-0.39, 0.29) is 17.7 Å². The van der Waals surface area contributed by atoms with Crippen LogP contribution in [0.3, 0.4) is 0 Å². The van der Waals surface area contributed by atoms with Gasteiger partial charge in [0.05, 0.1) is 6.42 Å². The maximum absolute atomic E-state index is 12.6. The summed E-state index contributed by atoms with van der Waals surface area (Å²) in [4.78, 5) is 26.9. The first-order chi connectivity index (χ1) is 12.7. The van der Waals surface area contributed by atoms with E-state index in [4.69, 9.17) is 0 Å². The summed E-state index contributed by atoms with van der Waals surface area (Å²) in [5.41, 5.74) is 3.09. The molecule has 3 rings (SSSR count). The molecule has 4 nitrogen and oxygen atoms in total. The Kier molecular flexibility index (Phi) is 6.05. The number of carbonyl (C=O) groups is 2. The minimum atomic E-state index is -0.0271. The van der Waals surface area contributed by atoms with Gasteiger partial charge >= 0.3 is 0 Å². The van der Waals surface area contributed by atoms with E-state index in [1.54, 1.807) is 0 Å². The molecule has 2 aromatic carbocycles. The van der Waals surface area contributed by atoms with Crippen molar-refractivity contribution in [2.45, 2.75) is 32.6 Å². The third-order valence-electron chi connectivity index (χ3n) is 5.07. The van der Waals surface area contributed by atoms with Crippen molar-refractivity contribution < 1.29 is 9.59 Å². The second-order valence-electron chi connectivity index (χ2n) is 6.82. The third-order valence-corrected chi connectivity index (χ3v) is 5.07. The Bertz CT molecular complexity index is 750. The zero-order valence-electron chi connectivity index (χ0n) is 15.3. The molecule has 0 unspecified atom stereocenters. The lowest BCUT2D eigenvalue weighted by Crippen LogP contribution is -2.42. The molecular weight excluding hydrogens is 324 g/mol. The van der Waals surface area contributed by atoms with Gasteiger partial charge in [0.25, 0.3) is 0 Å². The Morgan fingerprint density at radius 1 is 1.00 bits per heavy atom. The third kappa shape index (κ3) is 4.51. The zero-order valence-corrected chi connectivity index (χ0v) is 15.3. The highest BCUT2D eigenvalue weighted by Crippen LogP contribution is 2.22. The Labute approximate surface area is 155 Å². The topological polar surface area (TPSA) is 49.4 Å². The minimum absolute atomic E-state index is 0.0271. The van der Waals surface area contributed by atoms with Crippen LogP contribution >= 0.6 is 0 Å². The molecule has 1 N–H and O–H groups in total. The number of hydrogen-bond acceptors (Lipinski definition) is 2. The first kappa shape index (κ1) is 18.2. The predicted molar refractivity (Wildman–Crippen MR) is 104 cm³/mol. The molecule has 136 valence electrons. The van der Waals surface area contributed by atoms with Gasteiger partial charge in [-0.05, 0) is 36.5 Å². The molecule has 26 heavy (non-hydrogen) atoms. The van der Waals surface area contributed by atoms with Crippen molar-refractivity contribution >= 4 is 17.5 Å². The quantitative estimate of drug-likeness (QED) is 0.894. The fraction of sp³-hybridized carbons (Fsp3) is 0.364. The van der Waals surface area contributed by atoms with Crippen LogP contribution in [0.2, 0.25) is 0 Å². The van der Waals surface area contributed by atoms with Crippen LogP contribution in [0, 0.1) is 5.92 Å². The van der Waals surface area contributed by atoms with Gasteiger partial charge in [-0.15, -0.1) is 0 Å². The van der Waals surface area contributed by atoms with E-state index in [1.807, 2.05) is 59.5 Å². The number of rotatable bonds is 5. The number of anilines is 1. The van der Waals surface area contributed by atoms with Crippen molar-refractivity contribution in [1.29, 1.82) is 0 Å². The average Bonchev–Trinajstić information content (AvgIpc) is 2.69. The van der Waals surface area contributed by atoms with E-state index in [0.717, 1.165) is 36.1 Å². The van der Waals surface area contributed by atoms with Gasteiger partial charge in [-0.25, -0.2) is 0 Å². The molecule has 0 bridgehead atoms. The molecule has 1 aliphatic heterocycles. The number of aryl methyl sites for hydroxylation is 1. The first-order valence-corrected chi connectivity index (χ1v) is 9.38. The maximum Gasteiger partial charge on any atom is 0.227 e. The molecule has 4 heteroatoms. The second kappa shape index (κ2) is 8.65. The lowest BCUT2D eigenvalue weighted by molar-refractivity contribution is -0.133. The molecule has 0 radical (unpaired) electrons. The maximum atomic E-state index is 12.6. The predicted octanol–water partition coefficient (Wildman–Crippen LogP) is 3.67. The molecule has 1 saturated heterocycles. The number of benzene rings is 2. The van der Waals surface area contributed by atoms with E-state index < -0.39 is 0 Å². The van der Waals surface area contributed by atoms with Crippen LogP contribution < -0.4 is 5.32 Å². The molecule has 2 amide bonds. The number of nitrogens with zero attached hydrogens (tertiary/aromatic N) is 1. The van der Waals surface area contributed by atoms with Gasteiger partial charge in [-0.1, -0.05) is 55.5 Å².